The third-order valence-electron chi connectivity index (χ3n) is 3.82. The Hall–Kier alpha value is -1.75. The number of esters is 1. The van der Waals surface area contributed by atoms with Crippen LogP contribution in [0.3, 0.4) is 0 Å². The number of hydrogen-bond donors (Lipinski definition) is 1. The first-order valence-electron chi connectivity index (χ1n) is 8.47. The molecule has 0 aliphatic rings. The highest BCUT2D eigenvalue weighted by Crippen LogP contribution is 2.26. The molecule has 0 aliphatic carbocycles. The molecule has 0 amide bonds. The van der Waals surface area contributed by atoms with Crippen LogP contribution in [0.1, 0.15) is 44.0 Å². The van der Waals surface area contributed by atoms with Crippen LogP contribution in [0.15, 0.2) is 18.2 Å². The van der Waals surface area contributed by atoms with Crippen molar-refractivity contribution >= 4 is 11.7 Å². The number of unbranched alkanes of at least 4 members (excludes halogenated alkanes) is 1. The Labute approximate surface area is 140 Å². The van der Waals surface area contributed by atoms with Crippen LogP contribution in [0.4, 0.5) is 5.69 Å². The van der Waals surface area contributed by atoms with Gasteiger partial charge in [0.15, 0.2) is 0 Å². The van der Waals surface area contributed by atoms with Gasteiger partial charge < -0.3 is 19.7 Å². The van der Waals surface area contributed by atoms with Crippen LogP contribution in [0, 0.1) is 0 Å². The van der Waals surface area contributed by atoms with E-state index in [2.05, 4.69) is 31.0 Å². The SMILES string of the molecule is CCCCNc1ccc(C(=O)OCCN(CC)CC)cc1OC. The fraction of sp³-hybridized carbons (Fsp3) is 0.611. The summed E-state index contributed by atoms with van der Waals surface area (Å²) in [5, 5.41) is 3.32. The van der Waals surface area contributed by atoms with Crippen molar-refractivity contribution in [1.29, 1.82) is 0 Å². The minimum atomic E-state index is -0.310. The van der Waals surface area contributed by atoms with Gasteiger partial charge in [-0.05, 0) is 37.7 Å². The highest BCUT2D eigenvalue weighted by molar-refractivity contribution is 5.90. The molecule has 1 rings (SSSR count). The Bertz CT molecular complexity index is 473. The average Bonchev–Trinajstić information content (AvgIpc) is 2.59. The van der Waals surface area contributed by atoms with Crippen LogP contribution in [0.5, 0.6) is 5.75 Å². The van der Waals surface area contributed by atoms with E-state index in [0.717, 1.165) is 44.7 Å². The van der Waals surface area contributed by atoms with Gasteiger partial charge >= 0.3 is 5.97 Å². The van der Waals surface area contributed by atoms with Crippen LogP contribution in [0.2, 0.25) is 0 Å². The Morgan fingerprint density at radius 2 is 1.96 bits per heavy atom. The van der Waals surface area contributed by atoms with Crippen LogP contribution in [0.25, 0.3) is 0 Å². The third-order valence-corrected chi connectivity index (χ3v) is 3.82. The molecule has 5 nitrogen and oxygen atoms in total. The van der Waals surface area contributed by atoms with E-state index in [4.69, 9.17) is 9.47 Å². The molecule has 1 aromatic rings. The number of nitrogens with one attached hydrogen (secondary N) is 1. The minimum absolute atomic E-state index is 0.310. The first kappa shape index (κ1) is 19.3. The van der Waals surface area contributed by atoms with Gasteiger partial charge in [0.1, 0.15) is 12.4 Å². The second kappa shape index (κ2) is 10.9. The zero-order valence-corrected chi connectivity index (χ0v) is 14.9. The zero-order valence-electron chi connectivity index (χ0n) is 14.9. The Kier molecular flexibility index (Phi) is 9.14. The maximum atomic E-state index is 12.1. The van der Waals surface area contributed by atoms with Gasteiger partial charge in [0.05, 0.1) is 18.4 Å². The second-order valence-corrected chi connectivity index (χ2v) is 5.36. The summed E-state index contributed by atoms with van der Waals surface area (Å²) < 4.78 is 10.7. The number of methoxy groups -OCH3 is 1. The standard InChI is InChI=1S/C18H30N2O3/c1-5-8-11-19-16-10-9-15(14-17(16)22-4)18(21)23-13-12-20(6-2)7-3/h9-10,14,19H,5-8,11-13H2,1-4H3. The Balaban J connectivity index is 2.60. The molecule has 23 heavy (non-hydrogen) atoms. The maximum absolute atomic E-state index is 12.1. The van der Waals surface area contributed by atoms with Gasteiger partial charge in [-0.15, -0.1) is 0 Å². The third kappa shape index (κ3) is 6.48. The van der Waals surface area contributed by atoms with Gasteiger partial charge in [-0.25, -0.2) is 4.79 Å². The number of likely N-dealkylation sites (N-methyl/N-ethyl adjacent to an activating group) is 1. The number of anilines is 1. The van der Waals surface area contributed by atoms with E-state index in [1.54, 1.807) is 19.2 Å². The summed E-state index contributed by atoms with van der Waals surface area (Å²) in [6, 6.07) is 5.38. The molecule has 1 N–H and O–H groups in total. The first-order valence-corrected chi connectivity index (χ1v) is 8.47. The first-order chi connectivity index (χ1) is 11.2. The number of benzene rings is 1. The van der Waals surface area contributed by atoms with E-state index in [0.29, 0.717) is 17.9 Å². The van der Waals surface area contributed by atoms with E-state index >= 15 is 0 Å². The largest absolute Gasteiger partial charge is 0.495 e. The highest BCUT2D eigenvalue weighted by Gasteiger charge is 2.12. The molecule has 130 valence electrons. The summed E-state index contributed by atoms with van der Waals surface area (Å²) in [5.74, 6) is 0.356. The lowest BCUT2D eigenvalue weighted by Gasteiger charge is -2.17. The second-order valence-electron chi connectivity index (χ2n) is 5.36. The summed E-state index contributed by atoms with van der Waals surface area (Å²) in [4.78, 5) is 14.3. The lowest BCUT2D eigenvalue weighted by Crippen LogP contribution is -2.27. The van der Waals surface area contributed by atoms with E-state index < -0.39 is 0 Å². The summed E-state index contributed by atoms with van der Waals surface area (Å²) in [7, 11) is 1.61. The number of hydrogen-bond acceptors (Lipinski definition) is 5. The molecule has 0 aliphatic heterocycles. The Morgan fingerprint density at radius 1 is 1.22 bits per heavy atom. The van der Waals surface area contributed by atoms with Crippen molar-refractivity contribution in [1.82, 2.24) is 4.90 Å². The summed E-state index contributed by atoms with van der Waals surface area (Å²) in [6.45, 7) is 10.3. The van der Waals surface area contributed by atoms with Crippen molar-refractivity contribution in [2.24, 2.45) is 0 Å². The van der Waals surface area contributed by atoms with Gasteiger partial charge in [0.25, 0.3) is 0 Å². The molecule has 0 heterocycles. The zero-order chi connectivity index (χ0) is 17.1. The van der Waals surface area contributed by atoms with E-state index in [9.17, 15) is 4.79 Å². The molecular weight excluding hydrogens is 292 g/mol. The molecule has 0 bridgehead atoms. The van der Waals surface area contributed by atoms with Gasteiger partial charge in [-0.2, -0.15) is 0 Å². The summed E-state index contributed by atoms with van der Waals surface area (Å²) >= 11 is 0. The number of carbonyl (C=O) groups excluding carboxylic acids is 1. The van der Waals surface area contributed by atoms with Crippen LogP contribution >= 0.6 is 0 Å². The van der Waals surface area contributed by atoms with E-state index in [1.807, 2.05) is 6.07 Å². The van der Waals surface area contributed by atoms with Crippen molar-refractivity contribution in [3.05, 3.63) is 23.8 Å². The van der Waals surface area contributed by atoms with Gasteiger partial charge in [-0.1, -0.05) is 27.2 Å². The highest BCUT2D eigenvalue weighted by atomic mass is 16.5. The maximum Gasteiger partial charge on any atom is 0.338 e. The quantitative estimate of drug-likeness (QED) is 0.500. The van der Waals surface area contributed by atoms with E-state index in [1.165, 1.54) is 0 Å². The predicted octanol–water partition coefficient (Wildman–Crippen LogP) is 3.41. The Morgan fingerprint density at radius 3 is 2.57 bits per heavy atom. The predicted molar refractivity (Wildman–Crippen MR) is 94.5 cm³/mol. The van der Waals surface area contributed by atoms with Crippen LogP contribution in [-0.2, 0) is 4.74 Å². The lowest BCUT2D eigenvalue weighted by molar-refractivity contribution is 0.0466. The fourth-order valence-electron chi connectivity index (χ4n) is 2.25. The monoisotopic (exact) mass is 322 g/mol. The smallest absolute Gasteiger partial charge is 0.338 e. The lowest BCUT2D eigenvalue weighted by atomic mass is 10.2. The van der Waals surface area contributed by atoms with Crippen molar-refractivity contribution in [2.75, 3.05) is 45.2 Å². The van der Waals surface area contributed by atoms with Gasteiger partial charge in [-0.3, -0.25) is 0 Å². The summed E-state index contributed by atoms with van der Waals surface area (Å²) in [5.41, 5.74) is 1.42. The fourth-order valence-corrected chi connectivity index (χ4v) is 2.25. The van der Waals surface area contributed by atoms with Crippen molar-refractivity contribution in [3.63, 3.8) is 0 Å². The number of rotatable bonds is 11. The molecule has 0 spiro atoms. The van der Waals surface area contributed by atoms with Crippen molar-refractivity contribution in [3.8, 4) is 5.75 Å². The van der Waals surface area contributed by atoms with Crippen molar-refractivity contribution < 1.29 is 14.3 Å². The molecular formula is C18H30N2O3. The number of nitrogens with zero attached hydrogens (tertiary/aromatic N) is 1. The van der Waals surface area contributed by atoms with Crippen LogP contribution < -0.4 is 10.1 Å². The molecule has 0 saturated carbocycles. The molecule has 0 fully saturated rings. The molecule has 5 heteroatoms. The topological polar surface area (TPSA) is 50.8 Å². The molecule has 0 aromatic heterocycles. The normalized spacial score (nSPS) is 10.7. The van der Waals surface area contributed by atoms with Crippen LogP contribution in [-0.4, -0.2) is 50.8 Å². The molecule has 0 atom stereocenters. The van der Waals surface area contributed by atoms with Gasteiger partial charge in [0.2, 0.25) is 0 Å². The summed E-state index contributed by atoms with van der Waals surface area (Å²) in [6.07, 6.45) is 2.23. The van der Waals surface area contributed by atoms with Crippen molar-refractivity contribution in [2.45, 2.75) is 33.6 Å². The van der Waals surface area contributed by atoms with Gasteiger partial charge in [0, 0.05) is 13.1 Å². The minimum Gasteiger partial charge on any atom is -0.495 e. The number of ether oxygens (including phenoxy) is 2. The molecule has 0 radical (unpaired) electrons. The molecule has 0 saturated heterocycles. The average molecular weight is 322 g/mol. The molecule has 0 unspecified atom stereocenters. The molecule has 1 aromatic carbocycles. The number of carbonyl (C=O) groups is 1. The van der Waals surface area contributed by atoms with E-state index in [-0.39, 0.29) is 5.97 Å².